The minimum Gasteiger partial charge on any atom is -0.493 e. The predicted molar refractivity (Wildman–Crippen MR) is 116 cm³/mol. The molecule has 6 nitrogen and oxygen atoms in total. The lowest BCUT2D eigenvalue weighted by molar-refractivity contribution is 0.0734. The summed E-state index contributed by atoms with van der Waals surface area (Å²) in [5.41, 5.74) is 2.87. The number of methoxy groups -OCH3 is 2. The molecule has 0 unspecified atom stereocenters. The molecular formula is C24H31NO5. The molecule has 30 heavy (non-hydrogen) atoms. The highest BCUT2D eigenvalue weighted by Crippen LogP contribution is 2.34. The van der Waals surface area contributed by atoms with Crippen molar-refractivity contribution in [2.24, 2.45) is 0 Å². The molecule has 1 aliphatic rings. The van der Waals surface area contributed by atoms with Gasteiger partial charge in [-0.25, -0.2) is 0 Å². The zero-order valence-corrected chi connectivity index (χ0v) is 18.3. The van der Waals surface area contributed by atoms with Crippen LogP contribution in [-0.2, 0) is 13.0 Å². The molecule has 2 aromatic rings. The van der Waals surface area contributed by atoms with Crippen LogP contribution in [0.2, 0.25) is 0 Å². The predicted octanol–water partition coefficient (Wildman–Crippen LogP) is 4.48. The first kappa shape index (κ1) is 21.8. The highest BCUT2D eigenvalue weighted by Gasteiger charge is 2.24. The summed E-state index contributed by atoms with van der Waals surface area (Å²) in [5, 5.41) is 0. The van der Waals surface area contributed by atoms with E-state index in [9.17, 15) is 4.79 Å². The van der Waals surface area contributed by atoms with Crippen molar-refractivity contribution in [1.82, 2.24) is 4.90 Å². The maximum absolute atomic E-state index is 13.2. The van der Waals surface area contributed by atoms with Crippen molar-refractivity contribution >= 4 is 5.91 Å². The Kier molecular flexibility index (Phi) is 7.44. The Bertz CT molecular complexity index is 880. The molecule has 6 heteroatoms. The fourth-order valence-electron chi connectivity index (χ4n) is 3.54. The molecular weight excluding hydrogens is 382 g/mol. The summed E-state index contributed by atoms with van der Waals surface area (Å²) in [4.78, 5) is 15.1. The number of rotatable bonds is 9. The van der Waals surface area contributed by atoms with Crippen LogP contribution >= 0.6 is 0 Å². The summed E-state index contributed by atoms with van der Waals surface area (Å²) in [6.45, 7) is 6.50. The fraction of sp³-hybridized carbons (Fsp3) is 0.458. The Morgan fingerprint density at radius 2 is 1.50 bits per heavy atom. The van der Waals surface area contributed by atoms with Crippen LogP contribution in [0.5, 0.6) is 23.0 Å². The molecule has 0 spiro atoms. The molecule has 0 aliphatic carbocycles. The van der Waals surface area contributed by atoms with E-state index in [-0.39, 0.29) is 5.91 Å². The van der Waals surface area contributed by atoms with Gasteiger partial charge in [0.2, 0.25) is 0 Å². The molecule has 1 heterocycles. The van der Waals surface area contributed by atoms with Crippen molar-refractivity contribution in [3.05, 3.63) is 47.0 Å². The van der Waals surface area contributed by atoms with Gasteiger partial charge in [-0.05, 0) is 60.7 Å². The van der Waals surface area contributed by atoms with Crippen molar-refractivity contribution in [1.29, 1.82) is 0 Å². The third-order valence-electron chi connectivity index (χ3n) is 5.12. The van der Waals surface area contributed by atoms with E-state index < -0.39 is 0 Å². The Labute approximate surface area is 178 Å². The molecule has 0 saturated carbocycles. The maximum atomic E-state index is 13.2. The monoisotopic (exact) mass is 413 g/mol. The molecule has 1 amide bonds. The molecule has 162 valence electrons. The number of hydrogen-bond donors (Lipinski definition) is 0. The summed E-state index contributed by atoms with van der Waals surface area (Å²) in [7, 11) is 3.25. The van der Waals surface area contributed by atoms with E-state index in [0.717, 1.165) is 30.6 Å². The first-order chi connectivity index (χ1) is 14.6. The third kappa shape index (κ3) is 4.81. The first-order valence-electron chi connectivity index (χ1n) is 10.5. The topological polar surface area (TPSA) is 57.2 Å². The number of carbonyl (C=O) groups is 1. The van der Waals surface area contributed by atoms with Gasteiger partial charge in [-0.2, -0.15) is 0 Å². The van der Waals surface area contributed by atoms with Crippen LogP contribution < -0.4 is 18.9 Å². The van der Waals surface area contributed by atoms with Gasteiger partial charge in [0.25, 0.3) is 5.91 Å². The lowest BCUT2D eigenvalue weighted by Crippen LogP contribution is -2.36. The van der Waals surface area contributed by atoms with Crippen molar-refractivity contribution in [3.63, 3.8) is 0 Å². The van der Waals surface area contributed by atoms with Gasteiger partial charge in [-0.15, -0.1) is 0 Å². The summed E-state index contributed by atoms with van der Waals surface area (Å²) in [5.74, 6) is 2.69. The molecule has 2 aromatic carbocycles. The van der Waals surface area contributed by atoms with Crippen LogP contribution in [0.25, 0.3) is 0 Å². The second-order valence-corrected chi connectivity index (χ2v) is 7.31. The molecule has 0 fully saturated rings. The minimum absolute atomic E-state index is 0.0150. The number of amides is 1. The van der Waals surface area contributed by atoms with Gasteiger partial charge in [0.1, 0.15) is 0 Å². The van der Waals surface area contributed by atoms with Crippen LogP contribution in [-0.4, -0.2) is 44.8 Å². The summed E-state index contributed by atoms with van der Waals surface area (Å²) < 4.78 is 22.5. The van der Waals surface area contributed by atoms with Gasteiger partial charge >= 0.3 is 0 Å². The quantitative estimate of drug-likeness (QED) is 0.607. The van der Waals surface area contributed by atoms with Gasteiger partial charge in [0.15, 0.2) is 23.0 Å². The minimum atomic E-state index is -0.0150. The molecule has 1 aliphatic heterocycles. The molecule has 0 radical (unpaired) electrons. The summed E-state index contributed by atoms with van der Waals surface area (Å²) in [6, 6.07) is 9.42. The van der Waals surface area contributed by atoms with E-state index >= 15 is 0 Å². The van der Waals surface area contributed by atoms with Gasteiger partial charge in [0.05, 0.1) is 27.4 Å². The number of carbonyl (C=O) groups excluding carboxylic acids is 1. The van der Waals surface area contributed by atoms with E-state index in [0.29, 0.717) is 49.1 Å². The Hall–Kier alpha value is -2.89. The van der Waals surface area contributed by atoms with Crippen molar-refractivity contribution in [2.45, 2.75) is 39.7 Å². The molecule has 0 N–H and O–H groups in total. The van der Waals surface area contributed by atoms with Gasteiger partial charge < -0.3 is 23.8 Å². The Balaban J connectivity index is 1.81. The van der Waals surface area contributed by atoms with E-state index in [1.54, 1.807) is 20.3 Å². The van der Waals surface area contributed by atoms with E-state index in [1.807, 2.05) is 29.2 Å². The first-order valence-corrected chi connectivity index (χ1v) is 10.5. The number of nitrogens with zero attached hydrogens (tertiary/aromatic N) is 1. The van der Waals surface area contributed by atoms with Crippen molar-refractivity contribution in [2.75, 3.05) is 34.0 Å². The second-order valence-electron chi connectivity index (χ2n) is 7.31. The van der Waals surface area contributed by atoms with Crippen LogP contribution in [0.15, 0.2) is 30.3 Å². The van der Waals surface area contributed by atoms with Crippen molar-refractivity contribution < 1.29 is 23.7 Å². The summed E-state index contributed by atoms with van der Waals surface area (Å²) in [6.07, 6.45) is 2.58. The lowest BCUT2D eigenvalue weighted by atomic mass is 9.98. The smallest absolute Gasteiger partial charge is 0.254 e. The Morgan fingerprint density at radius 1 is 0.867 bits per heavy atom. The zero-order valence-electron chi connectivity index (χ0n) is 18.3. The average Bonchev–Trinajstić information content (AvgIpc) is 2.79. The van der Waals surface area contributed by atoms with Crippen LogP contribution in [0, 0.1) is 0 Å². The number of ether oxygens (including phenoxy) is 4. The fourth-order valence-corrected chi connectivity index (χ4v) is 3.54. The standard InChI is InChI=1S/C24H31NO5/c1-5-11-29-20-8-7-18(14-23(20)30-12-6-2)24(26)25-10-9-17-13-21(27-3)22(28-4)15-19(17)16-25/h7-8,13-15H,5-6,9-12,16H2,1-4H3. The zero-order chi connectivity index (χ0) is 21.5. The van der Waals surface area contributed by atoms with Gasteiger partial charge in [-0.3, -0.25) is 4.79 Å². The van der Waals surface area contributed by atoms with Gasteiger partial charge in [0, 0.05) is 18.7 Å². The molecule has 0 bridgehead atoms. The molecule has 0 aromatic heterocycles. The molecule has 3 rings (SSSR count). The number of fused-ring (bicyclic) bond motifs is 1. The molecule has 0 saturated heterocycles. The average molecular weight is 414 g/mol. The van der Waals surface area contributed by atoms with Crippen molar-refractivity contribution in [3.8, 4) is 23.0 Å². The highest BCUT2D eigenvalue weighted by molar-refractivity contribution is 5.95. The van der Waals surface area contributed by atoms with E-state index in [4.69, 9.17) is 18.9 Å². The lowest BCUT2D eigenvalue weighted by Gasteiger charge is -2.30. The number of hydrogen-bond acceptors (Lipinski definition) is 5. The maximum Gasteiger partial charge on any atom is 0.254 e. The number of benzene rings is 2. The van der Waals surface area contributed by atoms with Crippen LogP contribution in [0.1, 0.15) is 48.2 Å². The second kappa shape index (κ2) is 10.2. The van der Waals surface area contributed by atoms with Gasteiger partial charge in [-0.1, -0.05) is 13.8 Å². The SMILES string of the molecule is CCCOc1ccc(C(=O)N2CCc3cc(OC)c(OC)cc3C2)cc1OCCC. The van der Waals surface area contributed by atoms with Crippen LogP contribution in [0.4, 0.5) is 0 Å². The normalized spacial score (nSPS) is 12.9. The highest BCUT2D eigenvalue weighted by atomic mass is 16.5. The van der Waals surface area contributed by atoms with E-state index in [2.05, 4.69) is 13.8 Å². The largest absolute Gasteiger partial charge is 0.493 e. The summed E-state index contributed by atoms with van der Waals surface area (Å²) >= 11 is 0. The third-order valence-corrected chi connectivity index (χ3v) is 5.12. The molecule has 0 atom stereocenters. The Morgan fingerprint density at radius 3 is 2.13 bits per heavy atom. The van der Waals surface area contributed by atoms with Crippen LogP contribution in [0.3, 0.4) is 0 Å². The van der Waals surface area contributed by atoms with E-state index in [1.165, 1.54) is 5.56 Å².